The molecule has 0 radical (unpaired) electrons. The topological polar surface area (TPSA) is 123 Å². The average molecular weight is 568 g/mol. The normalized spacial score (nSPS) is 17.6. The van der Waals surface area contributed by atoms with Gasteiger partial charge in [0.25, 0.3) is 0 Å². The number of piperidine rings is 1. The molecular weight excluding hydrogens is 525 g/mol. The summed E-state index contributed by atoms with van der Waals surface area (Å²) in [5, 5.41) is 14.8. The minimum Gasteiger partial charge on any atom is -0.444 e. The number of hydrogen-bond acceptors (Lipinski definition) is 10. The van der Waals surface area contributed by atoms with E-state index in [9.17, 15) is 9.18 Å². The van der Waals surface area contributed by atoms with Crippen LogP contribution in [0.3, 0.4) is 0 Å². The number of nitrogens with zero attached hydrogens (tertiary/aromatic N) is 6. The molecule has 2 saturated heterocycles. The molecule has 4 rings (SSSR count). The number of carbonyl (C=O) groups is 1. The van der Waals surface area contributed by atoms with Gasteiger partial charge in [-0.15, -0.1) is 0 Å². The molecule has 222 valence electrons. The van der Waals surface area contributed by atoms with Gasteiger partial charge in [-0.2, -0.15) is 4.98 Å². The summed E-state index contributed by atoms with van der Waals surface area (Å²) in [6.45, 7) is 15.1. The van der Waals surface area contributed by atoms with Crippen molar-refractivity contribution in [3.8, 4) is 0 Å². The third-order valence-electron chi connectivity index (χ3n) is 7.14. The van der Waals surface area contributed by atoms with Crippen LogP contribution in [0.1, 0.15) is 46.6 Å². The Morgan fingerprint density at radius 3 is 2.41 bits per heavy atom. The molecule has 0 atom stereocenters. The Hall–Kier alpha value is -3.96. The Labute approximate surface area is 241 Å². The highest BCUT2D eigenvalue weighted by Gasteiger charge is 2.28. The highest BCUT2D eigenvalue weighted by Crippen LogP contribution is 2.28. The maximum atomic E-state index is 14.9. The van der Waals surface area contributed by atoms with Gasteiger partial charge in [-0.05, 0) is 45.2 Å². The van der Waals surface area contributed by atoms with Crippen LogP contribution < -0.4 is 20.4 Å². The number of pyridine rings is 1. The second-order valence-corrected chi connectivity index (χ2v) is 11.7. The number of hydrogen-bond donors (Lipinski definition) is 3. The van der Waals surface area contributed by atoms with Gasteiger partial charge in [0.05, 0.1) is 18.1 Å². The largest absolute Gasteiger partial charge is 0.444 e. The van der Waals surface area contributed by atoms with Gasteiger partial charge < -0.3 is 35.5 Å². The third kappa shape index (κ3) is 7.22. The summed E-state index contributed by atoms with van der Waals surface area (Å²) in [6, 6.07) is 1.91. The number of anilines is 4. The van der Waals surface area contributed by atoms with Crippen LogP contribution in [0, 0.1) is 24.1 Å². The number of ether oxygens (including phenoxy) is 1. The van der Waals surface area contributed by atoms with Crippen LogP contribution in [0.25, 0.3) is 0 Å². The first kappa shape index (κ1) is 30.0. The number of amides is 1. The van der Waals surface area contributed by atoms with Gasteiger partial charge in [-0.1, -0.05) is 13.8 Å². The average Bonchev–Trinajstić information content (AvgIpc) is 2.90. The fraction of sp³-hybridized carbons (Fsp3) is 0.552. The van der Waals surface area contributed by atoms with E-state index in [2.05, 4.69) is 44.3 Å². The van der Waals surface area contributed by atoms with Crippen LogP contribution in [0.5, 0.6) is 0 Å². The molecule has 11 nitrogen and oxygen atoms in total. The van der Waals surface area contributed by atoms with Crippen molar-refractivity contribution in [2.24, 2.45) is 5.92 Å². The Bertz CT molecular complexity index is 1310. The summed E-state index contributed by atoms with van der Waals surface area (Å²) in [5.41, 5.74) is 3.90. The van der Waals surface area contributed by atoms with E-state index < -0.39 is 11.4 Å². The molecule has 0 aromatic carbocycles. The molecule has 0 unspecified atom stereocenters. The predicted octanol–water partition coefficient (Wildman–Crippen LogP) is 4.48. The number of carbonyl (C=O) groups excluding carboxylic acids is 1. The third-order valence-corrected chi connectivity index (χ3v) is 7.14. The van der Waals surface area contributed by atoms with Crippen molar-refractivity contribution < 1.29 is 13.9 Å². The van der Waals surface area contributed by atoms with Crippen LogP contribution in [0.2, 0.25) is 0 Å². The summed E-state index contributed by atoms with van der Waals surface area (Å²) in [5.74, 6) is 0.700. The summed E-state index contributed by atoms with van der Waals surface area (Å²) < 4.78 is 20.4. The molecular formula is C29H42FN9O2. The van der Waals surface area contributed by atoms with Crippen LogP contribution >= 0.6 is 0 Å². The van der Waals surface area contributed by atoms with E-state index in [1.54, 1.807) is 11.1 Å². The van der Waals surface area contributed by atoms with Crippen molar-refractivity contribution in [1.82, 2.24) is 25.2 Å². The first-order valence-electron chi connectivity index (χ1n) is 14.1. The molecule has 12 heteroatoms. The first-order valence-corrected chi connectivity index (χ1v) is 14.1. The minimum absolute atomic E-state index is 0.197. The van der Waals surface area contributed by atoms with E-state index in [1.807, 2.05) is 45.7 Å². The Morgan fingerprint density at radius 1 is 1.10 bits per heavy atom. The van der Waals surface area contributed by atoms with E-state index in [4.69, 9.17) is 10.1 Å². The SMILES string of the molecule is CN/C(=C1/CN(c2nc(Nc3cc(C)c(N4CCN(C(=O)OC(C)(C)C)CC4)cn3)ncc2F)CCC1=N)C(C)C. The molecule has 4 heterocycles. The molecule has 2 aliphatic rings. The van der Waals surface area contributed by atoms with Crippen molar-refractivity contribution in [3.63, 3.8) is 0 Å². The zero-order chi connectivity index (χ0) is 29.9. The molecule has 2 aliphatic heterocycles. The van der Waals surface area contributed by atoms with E-state index in [0.717, 1.165) is 22.5 Å². The number of nitrogens with one attached hydrogen (secondary N) is 3. The summed E-state index contributed by atoms with van der Waals surface area (Å²) in [4.78, 5) is 31.4. The Balaban J connectivity index is 1.44. The summed E-state index contributed by atoms with van der Waals surface area (Å²) in [6.07, 6.45) is 3.18. The van der Waals surface area contributed by atoms with Gasteiger partial charge in [0, 0.05) is 69.7 Å². The molecule has 0 spiro atoms. The fourth-order valence-electron chi connectivity index (χ4n) is 5.14. The Morgan fingerprint density at radius 2 is 1.80 bits per heavy atom. The lowest BCUT2D eigenvalue weighted by Crippen LogP contribution is -2.50. The predicted molar refractivity (Wildman–Crippen MR) is 160 cm³/mol. The highest BCUT2D eigenvalue weighted by atomic mass is 19.1. The highest BCUT2D eigenvalue weighted by molar-refractivity contribution is 6.00. The molecule has 41 heavy (non-hydrogen) atoms. The molecule has 1 amide bonds. The van der Waals surface area contributed by atoms with Crippen molar-refractivity contribution in [2.75, 3.05) is 61.4 Å². The summed E-state index contributed by atoms with van der Waals surface area (Å²) in [7, 11) is 1.85. The van der Waals surface area contributed by atoms with Crippen molar-refractivity contribution in [1.29, 1.82) is 5.41 Å². The second-order valence-electron chi connectivity index (χ2n) is 11.7. The van der Waals surface area contributed by atoms with E-state index in [-0.39, 0.29) is 23.8 Å². The molecule has 2 aromatic rings. The first-order chi connectivity index (χ1) is 19.4. The van der Waals surface area contributed by atoms with Crippen molar-refractivity contribution >= 4 is 35.1 Å². The van der Waals surface area contributed by atoms with Gasteiger partial charge in [-0.3, -0.25) is 0 Å². The van der Waals surface area contributed by atoms with E-state index in [0.29, 0.717) is 57.2 Å². The maximum absolute atomic E-state index is 14.9. The fourth-order valence-corrected chi connectivity index (χ4v) is 5.14. The number of aryl methyl sites for hydroxylation is 1. The number of aromatic nitrogens is 3. The molecule has 0 aliphatic carbocycles. The van der Waals surface area contributed by atoms with Gasteiger partial charge in [-0.25, -0.2) is 19.2 Å². The van der Waals surface area contributed by atoms with Gasteiger partial charge in [0.2, 0.25) is 5.95 Å². The van der Waals surface area contributed by atoms with Crippen molar-refractivity contribution in [2.45, 2.75) is 53.6 Å². The van der Waals surface area contributed by atoms with Crippen LogP contribution in [-0.4, -0.2) is 83.6 Å². The quantitative estimate of drug-likeness (QED) is 0.464. The van der Waals surface area contributed by atoms with Crippen LogP contribution in [-0.2, 0) is 4.74 Å². The number of allylic oxidation sites excluding steroid dienone is 1. The molecule has 2 aromatic heterocycles. The van der Waals surface area contributed by atoms with Crippen LogP contribution in [0.4, 0.5) is 32.5 Å². The number of rotatable bonds is 6. The van der Waals surface area contributed by atoms with Crippen molar-refractivity contribution in [3.05, 3.63) is 41.1 Å². The van der Waals surface area contributed by atoms with Gasteiger partial charge >= 0.3 is 6.09 Å². The smallest absolute Gasteiger partial charge is 0.410 e. The monoisotopic (exact) mass is 567 g/mol. The molecule has 3 N–H and O–H groups in total. The van der Waals surface area contributed by atoms with Crippen LogP contribution in [0.15, 0.2) is 29.7 Å². The zero-order valence-corrected chi connectivity index (χ0v) is 25.1. The van der Waals surface area contributed by atoms with Gasteiger partial charge in [0.15, 0.2) is 11.6 Å². The lowest BCUT2D eigenvalue weighted by Gasteiger charge is -2.37. The number of halogens is 1. The number of piperazine rings is 1. The standard InChI is InChI=1S/C29H42FN9O2/c1-18(2)25(32-7)20-17-39(9-8-22(20)31)26-21(30)15-34-27(36-26)35-24-14-19(3)23(16-33-24)37-10-12-38(13-11-37)28(40)41-29(4,5)6/h14-16,18,31-32H,8-13,17H2,1-7H3,(H,33,34,35,36)/b25-20-,31-22?. The maximum Gasteiger partial charge on any atom is 0.410 e. The molecule has 2 fully saturated rings. The molecule has 0 bridgehead atoms. The van der Waals surface area contributed by atoms with E-state index in [1.165, 1.54) is 6.20 Å². The lowest BCUT2D eigenvalue weighted by atomic mass is 9.95. The second kappa shape index (κ2) is 12.3. The lowest BCUT2D eigenvalue weighted by molar-refractivity contribution is 0.0240. The zero-order valence-electron chi connectivity index (χ0n) is 25.1. The van der Waals surface area contributed by atoms with E-state index >= 15 is 0 Å². The summed E-state index contributed by atoms with van der Waals surface area (Å²) >= 11 is 0. The molecule has 0 saturated carbocycles. The Kier molecular flexibility index (Phi) is 8.98. The van der Waals surface area contributed by atoms with Gasteiger partial charge in [0.1, 0.15) is 11.4 Å². The minimum atomic E-state index is -0.520.